The first kappa shape index (κ1) is 29.1. The number of rotatable bonds is 9. The van der Waals surface area contributed by atoms with Gasteiger partial charge in [0.1, 0.15) is 5.75 Å². The van der Waals surface area contributed by atoms with E-state index in [-0.39, 0.29) is 23.7 Å². The maximum Gasteiger partial charge on any atom is 0.311 e. The second-order valence-electron chi connectivity index (χ2n) is 13.9. The summed E-state index contributed by atoms with van der Waals surface area (Å²) in [6, 6.07) is 8.67. The molecule has 1 aromatic carbocycles. The monoisotopic (exact) mass is 558 g/mol. The Kier molecular flexibility index (Phi) is 8.03. The molecule has 1 spiro atoms. The van der Waals surface area contributed by atoms with Gasteiger partial charge in [-0.15, -0.1) is 0 Å². The van der Waals surface area contributed by atoms with Gasteiger partial charge in [0.15, 0.2) is 5.60 Å². The highest BCUT2D eigenvalue weighted by atomic mass is 28.4. The van der Waals surface area contributed by atoms with Gasteiger partial charge in [-0.25, -0.2) is 9.78 Å². The highest BCUT2D eigenvalue weighted by molar-refractivity contribution is 6.78. The lowest BCUT2D eigenvalue weighted by atomic mass is 9.57. The van der Waals surface area contributed by atoms with Crippen LogP contribution < -0.4 is 4.43 Å². The molecule has 4 heterocycles. The summed E-state index contributed by atoms with van der Waals surface area (Å²) in [6.45, 7) is 18.1. The number of aryl methyl sites for hydroxylation is 1. The van der Waals surface area contributed by atoms with E-state index in [4.69, 9.17) is 23.7 Å². The van der Waals surface area contributed by atoms with E-state index in [1.54, 1.807) is 0 Å². The molecule has 0 N–H and O–H groups in total. The zero-order chi connectivity index (χ0) is 28.2. The van der Waals surface area contributed by atoms with Gasteiger partial charge in [0.25, 0.3) is 8.32 Å². The summed E-state index contributed by atoms with van der Waals surface area (Å²) in [6.07, 6.45) is 5.70. The van der Waals surface area contributed by atoms with Crippen LogP contribution in [-0.4, -0.2) is 32.0 Å². The van der Waals surface area contributed by atoms with Crippen LogP contribution in [-0.2, 0) is 30.5 Å². The molecule has 0 unspecified atom stereocenters. The molecule has 1 aliphatic carbocycles. The van der Waals surface area contributed by atoms with Crippen LogP contribution in [0.15, 0.2) is 24.3 Å². The quantitative estimate of drug-likeness (QED) is 0.174. The fourth-order valence-electron chi connectivity index (χ4n) is 8.74. The van der Waals surface area contributed by atoms with Crippen molar-refractivity contribution in [1.82, 2.24) is 0 Å². The molecular formula is C32H50O6Si. The topological polar surface area (TPSA) is 63.2 Å². The highest BCUT2D eigenvalue weighted by Gasteiger charge is 2.70. The van der Waals surface area contributed by atoms with Crippen LogP contribution in [0, 0.1) is 23.7 Å². The van der Waals surface area contributed by atoms with Crippen LogP contribution >= 0.6 is 0 Å². The first-order valence-corrected chi connectivity index (χ1v) is 17.6. The highest BCUT2D eigenvalue weighted by Crippen LogP contribution is 2.60. The van der Waals surface area contributed by atoms with Gasteiger partial charge in [-0.05, 0) is 85.7 Å². The molecule has 7 atom stereocenters. The molecule has 6 rings (SSSR count). The van der Waals surface area contributed by atoms with Crippen molar-refractivity contribution < 1.29 is 28.5 Å². The number of carbonyl (C=O) groups is 1. The van der Waals surface area contributed by atoms with E-state index in [0.29, 0.717) is 22.5 Å². The summed E-state index contributed by atoms with van der Waals surface area (Å²) >= 11 is 0. The summed E-state index contributed by atoms with van der Waals surface area (Å²) < 4.78 is 19.1. The minimum atomic E-state index is -1.97. The normalized spacial score (nSPS) is 36.2. The Morgan fingerprint density at radius 1 is 0.949 bits per heavy atom. The fraction of sp³-hybridized carbons (Fsp3) is 0.781. The van der Waals surface area contributed by atoms with E-state index < -0.39 is 26.0 Å². The molecule has 5 aliphatic rings. The standard InChI is InChI=1S/C32H50O6Si/c1-20(2)39(21(3)4,22(5)6)36-25-15-13-24(14-16-25)10-9-11-26-28-17-12-23(7)27-18-19-31(8)35-30(34-29(26)33)32(27,28)38-37-31/h13-16,20-23,26-28,30H,9-12,17-19H2,1-8H3/t23-,26-,27+,28+,30-,31-,32-/m1/s1. The van der Waals surface area contributed by atoms with Crippen LogP contribution in [0.5, 0.6) is 5.75 Å². The Hall–Kier alpha value is -1.41. The summed E-state index contributed by atoms with van der Waals surface area (Å²) in [4.78, 5) is 25.4. The lowest BCUT2D eigenvalue weighted by Crippen LogP contribution is -2.70. The van der Waals surface area contributed by atoms with Crippen molar-refractivity contribution in [3.05, 3.63) is 29.8 Å². The first-order chi connectivity index (χ1) is 18.4. The summed E-state index contributed by atoms with van der Waals surface area (Å²) in [5, 5.41) is 0. The number of benzene rings is 1. The largest absolute Gasteiger partial charge is 0.543 e. The van der Waals surface area contributed by atoms with E-state index in [1.807, 2.05) is 6.92 Å². The zero-order valence-corrected chi connectivity index (χ0v) is 26.3. The van der Waals surface area contributed by atoms with Crippen LogP contribution in [0.1, 0.15) is 99.5 Å². The van der Waals surface area contributed by atoms with Crippen molar-refractivity contribution in [3.63, 3.8) is 0 Å². The van der Waals surface area contributed by atoms with Crippen LogP contribution in [0.2, 0.25) is 16.6 Å². The van der Waals surface area contributed by atoms with E-state index in [1.165, 1.54) is 5.56 Å². The Morgan fingerprint density at radius 3 is 2.26 bits per heavy atom. The van der Waals surface area contributed by atoms with E-state index in [2.05, 4.69) is 72.7 Å². The minimum absolute atomic E-state index is 0.0598. The fourth-order valence-corrected chi connectivity index (χ4v) is 14.0. The number of carbonyl (C=O) groups excluding carboxylic acids is 1. The molecule has 1 aromatic rings. The molecule has 39 heavy (non-hydrogen) atoms. The third kappa shape index (κ3) is 4.89. The van der Waals surface area contributed by atoms with Gasteiger partial charge in [-0.2, -0.15) is 0 Å². The maximum absolute atomic E-state index is 13.3. The van der Waals surface area contributed by atoms with E-state index >= 15 is 0 Å². The predicted octanol–water partition coefficient (Wildman–Crippen LogP) is 7.95. The maximum atomic E-state index is 13.3. The van der Waals surface area contributed by atoms with Crippen molar-refractivity contribution in [2.24, 2.45) is 23.7 Å². The molecule has 2 bridgehead atoms. The van der Waals surface area contributed by atoms with E-state index in [9.17, 15) is 4.79 Å². The molecule has 0 radical (unpaired) electrons. The molecular weight excluding hydrogens is 508 g/mol. The average molecular weight is 559 g/mol. The number of ether oxygens (including phenoxy) is 2. The first-order valence-electron chi connectivity index (χ1n) is 15.5. The number of esters is 1. The van der Waals surface area contributed by atoms with Gasteiger partial charge in [0.05, 0.1) is 5.92 Å². The average Bonchev–Trinajstić information content (AvgIpc) is 3.11. The van der Waals surface area contributed by atoms with Gasteiger partial charge >= 0.3 is 5.97 Å². The minimum Gasteiger partial charge on any atom is -0.543 e. The van der Waals surface area contributed by atoms with Crippen LogP contribution in [0.3, 0.4) is 0 Å². The molecule has 4 saturated heterocycles. The van der Waals surface area contributed by atoms with Gasteiger partial charge in [0, 0.05) is 18.3 Å². The molecule has 0 aromatic heterocycles. The van der Waals surface area contributed by atoms with Crippen LogP contribution in [0.4, 0.5) is 0 Å². The van der Waals surface area contributed by atoms with Crippen molar-refractivity contribution in [3.8, 4) is 5.75 Å². The Morgan fingerprint density at radius 2 is 1.62 bits per heavy atom. The lowest BCUT2D eigenvalue weighted by Gasteiger charge is -2.58. The number of fused-ring (bicyclic) bond motifs is 2. The second kappa shape index (κ2) is 10.8. The lowest BCUT2D eigenvalue weighted by molar-refractivity contribution is -0.559. The number of hydrogen-bond donors (Lipinski definition) is 0. The molecule has 6 nitrogen and oxygen atoms in total. The Bertz CT molecular complexity index is 1000. The smallest absolute Gasteiger partial charge is 0.311 e. The van der Waals surface area contributed by atoms with Crippen LogP contribution in [0.25, 0.3) is 0 Å². The predicted molar refractivity (Wildman–Crippen MR) is 153 cm³/mol. The zero-order valence-electron chi connectivity index (χ0n) is 25.3. The SMILES string of the molecule is CC(C)[Si](Oc1ccc(CCC[C@H]2C(=O)O[C@@H]3O[C@@]4(C)CC[C@H]5[C@H](C)CC[C@@H]2[C@@]35OO4)cc1)(C(C)C)C(C)C. The van der Waals surface area contributed by atoms with Gasteiger partial charge in [0.2, 0.25) is 12.1 Å². The second-order valence-corrected chi connectivity index (χ2v) is 19.3. The summed E-state index contributed by atoms with van der Waals surface area (Å²) in [5.41, 5.74) is 2.21. The molecule has 7 heteroatoms. The molecule has 0 amide bonds. The Balaban J connectivity index is 1.25. The van der Waals surface area contributed by atoms with Gasteiger partial charge in [-0.1, -0.05) is 60.6 Å². The van der Waals surface area contributed by atoms with Crippen molar-refractivity contribution >= 4 is 14.3 Å². The van der Waals surface area contributed by atoms with Crippen molar-refractivity contribution in [1.29, 1.82) is 0 Å². The van der Waals surface area contributed by atoms with Crippen molar-refractivity contribution in [2.45, 2.75) is 135 Å². The third-order valence-electron chi connectivity index (χ3n) is 10.7. The van der Waals surface area contributed by atoms with Crippen molar-refractivity contribution in [2.75, 3.05) is 0 Å². The molecule has 1 saturated carbocycles. The third-order valence-corrected chi connectivity index (χ3v) is 16.7. The molecule has 4 aliphatic heterocycles. The molecule has 218 valence electrons. The molecule has 5 fully saturated rings. The number of hydrogen-bond acceptors (Lipinski definition) is 6. The van der Waals surface area contributed by atoms with Gasteiger partial charge in [-0.3, -0.25) is 4.79 Å². The van der Waals surface area contributed by atoms with E-state index in [0.717, 1.165) is 50.7 Å². The Labute approximate surface area is 236 Å². The summed E-state index contributed by atoms with van der Waals surface area (Å²) in [5.74, 6) is 0.630. The van der Waals surface area contributed by atoms with Gasteiger partial charge < -0.3 is 13.9 Å². The summed E-state index contributed by atoms with van der Waals surface area (Å²) in [7, 11) is -1.97.